The normalized spacial score (nSPS) is 21.4. The van der Waals surface area contributed by atoms with Crippen LogP contribution in [-0.4, -0.2) is 21.5 Å². The van der Waals surface area contributed by atoms with Crippen molar-refractivity contribution in [1.29, 1.82) is 10.5 Å². The number of rotatable bonds is 2. The van der Waals surface area contributed by atoms with E-state index < -0.39 is 0 Å². The summed E-state index contributed by atoms with van der Waals surface area (Å²) in [5.41, 5.74) is 10.0. The SMILES string of the molecule is [C-]#[N+]C(C#N)=C1/C(=C/c2nc3c(s2)-c2cc4c(cc2C32CCCCC2)-c2sc(/C=C3\C(=O)c5ccccc5\C3=C(\C#N)[N+]#[C-])nc2C42CCCCC2)C(=O)c2ccccc21. The van der Waals surface area contributed by atoms with Gasteiger partial charge in [-0.05, 0) is 83.3 Å². The van der Waals surface area contributed by atoms with Gasteiger partial charge in [0.25, 0.3) is 11.4 Å². The number of nitriles is 2. The van der Waals surface area contributed by atoms with E-state index in [4.69, 9.17) is 23.1 Å². The van der Waals surface area contributed by atoms with Gasteiger partial charge >= 0.3 is 0 Å². The second-order valence-corrected chi connectivity index (χ2v) is 18.5. The zero-order valence-electron chi connectivity index (χ0n) is 32.3. The Kier molecular flexibility index (Phi) is 8.07. The van der Waals surface area contributed by atoms with Crippen LogP contribution in [0.25, 0.3) is 53.9 Å². The highest BCUT2D eigenvalue weighted by molar-refractivity contribution is 7.16. The van der Waals surface area contributed by atoms with Crippen molar-refractivity contribution in [3.8, 4) is 33.0 Å². The van der Waals surface area contributed by atoms with Crippen LogP contribution in [0.4, 0.5) is 0 Å². The standard InChI is InChI=1S/C50H32N6O2S2/c1-53-37(25-51)41-27-13-5-7-15-29(27)43(57)33(41)23-39-55-47-45(59-39)31-21-36-32(22-35(31)49(47)17-9-3-10-18-49)46-48(50(36)19-11-4-12-20-50)56-40(60-46)24-34-42(38(26-52)54-2)28-14-6-8-16-30(28)44(34)58/h5-8,13-16,21-24H,3-4,9-12,17-20H2/b33-23-,34-24-,41-37+,42-38?. The molecule has 2 fully saturated rings. The quantitative estimate of drug-likeness (QED) is 0.0995. The second-order valence-electron chi connectivity index (χ2n) is 16.4. The summed E-state index contributed by atoms with van der Waals surface area (Å²) in [5.74, 6) is -0.395. The van der Waals surface area contributed by atoms with Gasteiger partial charge in [-0.15, -0.1) is 22.7 Å². The van der Waals surface area contributed by atoms with E-state index in [1.807, 2.05) is 24.3 Å². The molecule has 286 valence electrons. The van der Waals surface area contributed by atoms with Gasteiger partial charge in [-0.2, -0.15) is 0 Å². The fourth-order valence-electron chi connectivity index (χ4n) is 11.1. The van der Waals surface area contributed by atoms with Crippen LogP contribution >= 0.6 is 22.7 Å². The van der Waals surface area contributed by atoms with Crippen LogP contribution in [0.1, 0.15) is 129 Å². The van der Waals surface area contributed by atoms with Gasteiger partial charge in [0.1, 0.15) is 10.0 Å². The number of carbonyl (C=O) groups is 2. The molecule has 2 spiro atoms. The van der Waals surface area contributed by atoms with Crippen LogP contribution in [0.15, 0.2) is 83.2 Å². The summed E-state index contributed by atoms with van der Waals surface area (Å²) in [6.07, 6.45) is 14.1. The Morgan fingerprint density at radius 2 is 0.983 bits per heavy atom. The summed E-state index contributed by atoms with van der Waals surface area (Å²) >= 11 is 3.19. The molecule has 0 saturated heterocycles. The number of fused-ring (bicyclic) bond motifs is 12. The van der Waals surface area contributed by atoms with E-state index in [0.717, 1.165) is 85.4 Å². The van der Waals surface area contributed by atoms with Crippen molar-refractivity contribution in [2.24, 2.45) is 0 Å². The van der Waals surface area contributed by atoms with Crippen molar-refractivity contribution >= 4 is 57.5 Å². The van der Waals surface area contributed by atoms with Crippen molar-refractivity contribution in [1.82, 2.24) is 9.97 Å². The van der Waals surface area contributed by atoms with Gasteiger partial charge < -0.3 is 0 Å². The highest BCUT2D eigenvalue weighted by Crippen LogP contribution is 2.63. The highest BCUT2D eigenvalue weighted by Gasteiger charge is 2.52. The Bertz CT molecular complexity index is 2900. The molecule has 2 heterocycles. The first-order valence-corrected chi connectivity index (χ1v) is 22.0. The third-order valence-electron chi connectivity index (χ3n) is 13.6. The lowest BCUT2D eigenvalue weighted by Crippen LogP contribution is -2.30. The Labute approximate surface area is 354 Å². The van der Waals surface area contributed by atoms with Gasteiger partial charge in [0, 0.05) is 44.2 Å². The third-order valence-corrected chi connectivity index (χ3v) is 15.7. The molecule has 3 aromatic carbocycles. The zero-order valence-corrected chi connectivity index (χ0v) is 33.9. The predicted molar refractivity (Wildman–Crippen MR) is 232 cm³/mol. The number of benzene rings is 3. The van der Waals surface area contributed by atoms with Crippen molar-refractivity contribution in [3.63, 3.8) is 0 Å². The molecule has 6 aliphatic rings. The van der Waals surface area contributed by atoms with Gasteiger partial charge in [-0.1, -0.05) is 87.1 Å². The Balaban J connectivity index is 1.07. The number of allylic oxidation sites excluding steroid dienone is 6. The Morgan fingerprint density at radius 3 is 1.35 bits per heavy atom. The average Bonchev–Trinajstić information content (AvgIpc) is 4.11. The number of hydrogen-bond donors (Lipinski definition) is 0. The monoisotopic (exact) mass is 812 g/mol. The lowest BCUT2D eigenvalue weighted by Gasteiger charge is -2.36. The van der Waals surface area contributed by atoms with Gasteiger partial charge in [-0.3, -0.25) is 9.59 Å². The molecule has 0 unspecified atom stereocenters. The minimum Gasteiger partial charge on any atom is -0.289 e. The molecule has 0 atom stereocenters. The minimum atomic E-state index is -0.284. The number of ketones is 2. The number of hydrogen-bond acceptors (Lipinski definition) is 8. The average molecular weight is 813 g/mol. The van der Waals surface area contributed by atoms with Crippen LogP contribution < -0.4 is 0 Å². The summed E-state index contributed by atoms with van der Waals surface area (Å²) in [7, 11) is 0. The minimum absolute atomic E-state index is 0.0985. The highest BCUT2D eigenvalue weighted by atomic mass is 32.1. The van der Waals surface area contributed by atoms with E-state index in [1.54, 1.807) is 71.2 Å². The van der Waals surface area contributed by atoms with Gasteiger partial charge in [-0.25, -0.2) is 30.2 Å². The lowest BCUT2D eigenvalue weighted by molar-refractivity contribution is 0.103. The molecule has 0 aliphatic heterocycles. The van der Waals surface area contributed by atoms with E-state index in [0.29, 0.717) is 54.6 Å². The van der Waals surface area contributed by atoms with Crippen molar-refractivity contribution in [3.05, 3.63) is 161 Å². The molecule has 0 amide bonds. The van der Waals surface area contributed by atoms with E-state index in [9.17, 15) is 20.1 Å². The van der Waals surface area contributed by atoms with E-state index in [2.05, 4.69) is 21.8 Å². The summed E-state index contributed by atoms with van der Waals surface area (Å²) < 4.78 is 0. The molecule has 11 rings (SSSR count). The molecule has 0 bridgehead atoms. The van der Waals surface area contributed by atoms with Gasteiger partial charge in [0.15, 0.2) is 11.6 Å². The van der Waals surface area contributed by atoms with Crippen LogP contribution in [-0.2, 0) is 10.8 Å². The van der Waals surface area contributed by atoms with E-state index in [1.165, 1.54) is 22.3 Å². The molecule has 2 aromatic heterocycles. The Hall–Kier alpha value is -6.82. The van der Waals surface area contributed by atoms with Gasteiger partial charge in [0.2, 0.25) is 0 Å². The summed E-state index contributed by atoms with van der Waals surface area (Å²) in [6, 6.07) is 23.3. The fraction of sp³-hybridized carbons (Fsp3) is 0.240. The van der Waals surface area contributed by atoms with Crippen LogP contribution in [0, 0.1) is 35.8 Å². The lowest BCUT2D eigenvalue weighted by atomic mass is 9.67. The van der Waals surface area contributed by atoms with Crippen molar-refractivity contribution < 1.29 is 9.59 Å². The van der Waals surface area contributed by atoms with E-state index in [-0.39, 0.29) is 33.8 Å². The van der Waals surface area contributed by atoms with E-state index >= 15 is 0 Å². The summed E-state index contributed by atoms with van der Waals surface area (Å²) in [6.45, 7) is 15.5. The molecular weight excluding hydrogens is 781 g/mol. The first-order chi connectivity index (χ1) is 29.4. The first kappa shape index (κ1) is 36.3. The van der Waals surface area contributed by atoms with Crippen LogP contribution in [0.2, 0.25) is 0 Å². The topological polar surface area (TPSA) is 116 Å². The summed E-state index contributed by atoms with van der Waals surface area (Å²) in [4.78, 5) is 47.8. The molecule has 2 saturated carbocycles. The summed E-state index contributed by atoms with van der Waals surface area (Å²) in [5, 5.41) is 21.3. The smallest absolute Gasteiger partial charge is 0.270 e. The maximum atomic E-state index is 13.9. The maximum absolute atomic E-state index is 13.9. The fourth-order valence-corrected chi connectivity index (χ4v) is 13.3. The molecule has 60 heavy (non-hydrogen) atoms. The first-order valence-electron chi connectivity index (χ1n) is 20.3. The molecule has 0 N–H and O–H groups in total. The number of aromatic nitrogens is 2. The van der Waals surface area contributed by atoms with Crippen molar-refractivity contribution in [2.75, 3.05) is 0 Å². The number of carbonyl (C=O) groups excluding carboxylic acids is 2. The second kappa shape index (κ2) is 13.4. The third kappa shape index (κ3) is 4.84. The molecule has 0 radical (unpaired) electrons. The molecule has 6 aliphatic carbocycles. The molecule has 8 nitrogen and oxygen atoms in total. The number of nitrogens with zero attached hydrogens (tertiary/aromatic N) is 6. The van der Waals surface area contributed by atoms with Crippen LogP contribution in [0.3, 0.4) is 0 Å². The van der Waals surface area contributed by atoms with Crippen molar-refractivity contribution in [2.45, 2.75) is 75.0 Å². The maximum Gasteiger partial charge on any atom is 0.270 e. The number of Topliss-reactive ketones (excluding diaryl/α,β-unsaturated/α-hetero) is 2. The largest absolute Gasteiger partial charge is 0.289 e. The zero-order chi connectivity index (χ0) is 40.9. The predicted octanol–water partition coefficient (Wildman–Crippen LogP) is 11.9. The molecular formula is C50H32N6O2S2. The molecule has 5 aromatic rings. The van der Waals surface area contributed by atoms with Crippen LogP contribution in [0.5, 0.6) is 0 Å². The Morgan fingerprint density at radius 1 is 0.600 bits per heavy atom. The van der Waals surface area contributed by atoms with Gasteiger partial charge in [0.05, 0.1) is 46.4 Å². The number of thiazole rings is 2. The molecule has 10 heteroatoms.